The zero-order valence-electron chi connectivity index (χ0n) is 28.9. The van der Waals surface area contributed by atoms with Crippen molar-refractivity contribution < 1.29 is 42.1 Å². The Bertz CT molecular complexity index is 784. The number of nitrogens with zero attached hydrogens (tertiary/aromatic N) is 1. The van der Waals surface area contributed by atoms with Gasteiger partial charge >= 0.3 is 11.9 Å². The first-order valence-corrected chi connectivity index (χ1v) is 18.9. The number of hydrogen-bond acceptors (Lipinski definition) is 8. The van der Waals surface area contributed by atoms with Crippen molar-refractivity contribution in [3.8, 4) is 0 Å². The second kappa shape index (κ2) is 28.0. The highest BCUT2D eigenvalue weighted by Crippen LogP contribution is 2.38. The van der Waals surface area contributed by atoms with Crippen LogP contribution in [0.5, 0.6) is 0 Å². The maximum absolute atomic E-state index is 12.4. The number of ether oxygens (including phenoxy) is 2. The first-order valence-electron chi connectivity index (χ1n) is 17.4. The van der Waals surface area contributed by atoms with Gasteiger partial charge in [-0.15, -0.1) is 0 Å². The molecule has 10 heteroatoms. The molecule has 44 heavy (non-hydrogen) atoms. The van der Waals surface area contributed by atoms with E-state index in [0.29, 0.717) is 23.9 Å². The summed E-state index contributed by atoms with van der Waals surface area (Å²) in [5.74, 6) is -0.880. The molecule has 0 aromatic heterocycles. The Balaban J connectivity index is 4.14. The third-order valence-electron chi connectivity index (χ3n) is 7.29. The van der Waals surface area contributed by atoms with Gasteiger partial charge in [0.05, 0.1) is 27.7 Å². The number of phosphoric acid groups is 1. The summed E-state index contributed by atoms with van der Waals surface area (Å²) >= 11 is 0. The van der Waals surface area contributed by atoms with Crippen LogP contribution < -0.4 is 4.89 Å². The number of esters is 2. The molecule has 0 rings (SSSR count). The molecule has 0 saturated heterocycles. The molecule has 9 nitrogen and oxygen atoms in total. The van der Waals surface area contributed by atoms with Gasteiger partial charge in [-0.2, -0.15) is 0 Å². The Morgan fingerprint density at radius 2 is 1.18 bits per heavy atom. The van der Waals surface area contributed by atoms with E-state index in [4.69, 9.17) is 18.5 Å². The molecule has 2 atom stereocenters. The number of carbonyl (C=O) groups is 2. The van der Waals surface area contributed by atoms with Gasteiger partial charge in [-0.1, -0.05) is 103 Å². The molecule has 0 aliphatic rings. The van der Waals surface area contributed by atoms with Crippen molar-refractivity contribution in [1.82, 2.24) is 0 Å². The average molecular weight is 648 g/mol. The van der Waals surface area contributed by atoms with Gasteiger partial charge in [-0.25, -0.2) is 0 Å². The van der Waals surface area contributed by atoms with Gasteiger partial charge in [-0.3, -0.25) is 14.2 Å². The van der Waals surface area contributed by atoms with E-state index in [1.165, 1.54) is 70.6 Å². The lowest BCUT2D eigenvalue weighted by atomic mass is 10.1. The third-order valence-corrected chi connectivity index (χ3v) is 8.25. The fourth-order valence-electron chi connectivity index (χ4n) is 4.45. The molecular weight excluding hydrogens is 581 g/mol. The van der Waals surface area contributed by atoms with Crippen LogP contribution in [-0.2, 0) is 32.7 Å². The Hall–Kier alpha value is -1.25. The molecule has 0 bridgehead atoms. The van der Waals surface area contributed by atoms with Crippen LogP contribution in [-0.4, -0.2) is 70.0 Å². The highest BCUT2D eigenvalue weighted by molar-refractivity contribution is 7.45. The normalized spacial score (nSPS) is 14.0. The zero-order chi connectivity index (χ0) is 32.9. The molecule has 0 N–H and O–H groups in total. The summed E-state index contributed by atoms with van der Waals surface area (Å²) in [6.07, 6.45) is 25.0. The molecule has 0 aromatic carbocycles. The third kappa shape index (κ3) is 30.8. The van der Waals surface area contributed by atoms with Crippen molar-refractivity contribution in [1.29, 1.82) is 0 Å². The zero-order valence-corrected chi connectivity index (χ0v) is 29.8. The monoisotopic (exact) mass is 647 g/mol. The second-order valence-corrected chi connectivity index (χ2v) is 14.3. The Labute approximate surface area is 269 Å². The fourth-order valence-corrected chi connectivity index (χ4v) is 5.18. The standard InChI is InChI=1S/C34H66NO8P/c1-6-8-10-11-12-13-14-15-16-17-18-19-20-21-22-23-24-25-27-34(37)43-32(30-40-33(36)26-9-7-2)31-42-44(38,39)41-29-28-35(3,4)5/h16-17,32H,6-15,18-31H2,1-5H3/b17-16-. The van der Waals surface area contributed by atoms with Crippen molar-refractivity contribution in [2.24, 2.45) is 0 Å². The Kier molecular flexibility index (Phi) is 27.2. The summed E-state index contributed by atoms with van der Waals surface area (Å²) in [5.41, 5.74) is 0. The molecule has 0 heterocycles. The lowest BCUT2D eigenvalue weighted by Gasteiger charge is -2.28. The SMILES string of the molecule is CCCCCCCCC/C=C\CCCCCCCCCC(=O)OC(COC(=O)CCCC)COP(=O)([O-])OCC[N+](C)(C)C. The Morgan fingerprint density at radius 3 is 1.73 bits per heavy atom. The minimum atomic E-state index is -4.59. The van der Waals surface area contributed by atoms with Crippen LogP contribution in [0.4, 0.5) is 0 Å². The molecule has 2 unspecified atom stereocenters. The fraction of sp³-hybridized carbons (Fsp3) is 0.882. The van der Waals surface area contributed by atoms with Crippen LogP contribution >= 0.6 is 7.82 Å². The van der Waals surface area contributed by atoms with Crippen LogP contribution in [0.15, 0.2) is 12.2 Å². The highest BCUT2D eigenvalue weighted by atomic mass is 31.2. The van der Waals surface area contributed by atoms with E-state index in [2.05, 4.69) is 19.1 Å². The summed E-state index contributed by atoms with van der Waals surface area (Å²) in [5, 5.41) is 0. The first kappa shape index (κ1) is 42.8. The van der Waals surface area contributed by atoms with E-state index in [0.717, 1.165) is 32.1 Å². The van der Waals surface area contributed by atoms with Gasteiger partial charge in [0.15, 0.2) is 6.10 Å². The predicted molar refractivity (Wildman–Crippen MR) is 176 cm³/mol. The lowest BCUT2D eigenvalue weighted by Crippen LogP contribution is -2.37. The molecular formula is C34H66NO8P. The van der Waals surface area contributed by atoms with Crippen molar-refractivity contribution >= 4 is 19.8 Å². The second-order valence-electron chi connectivity index (χ2n) is 12.9. The number of quaternary nitrogens is 1. The van der Waals surface area contributed by atoms with Crippen LogP contribution in [0.25, 0.3) is 0 Å². The van der Waals surface area contributed by atoms with Gasteiger partial charge in [0.25, 0.3) is 7.82 Å². The molecule has 0 aliphatic heterocycles. The minimum Gasteiger partial charge on any atom is -0.756 e. The van der Waals surface area contributed by atoms with E-state index in [-0.39, 0.29) is 26.1 Å². The molecule has 0 spiro atoms. The maximum Gasteiger partial charge on any atom is 0.306 e. The van der Waals surface area contributed by atoms with Crippen molar-refractivity contribution in [2.75, 3.05) is 47.5 Å². The van der Waals surface area contributed by atoms with E-state index >= 15 is 0 Å². The lowest BCUT2D eigenvalue weighted by molar-refractivity contribution is -0.870. The molecule has 260 valence electrons. The first-order chi connectivity index (χ1) is 21.0. The summed E-state index contributed by atoms with van der Waals surface area (Å²) in [6, 6.07) is 0. The number of rotatable bonds is 31. The smallest absolute Gasteiger partial charge is 0.306 e. The van der Waals surface area contributed by atoms with Gasteiger partial charge in [0, 0.05) is 12.8 Å². The molecule has 0 aliphatic carbocycles. The summed E-state index contributed by atoms with van der Waals surface area (Å²) in [4.78, 5) is 36.5. The minimum absolute atomic E-state index is 0.0306. The number of carbonyl (C=O) groups excluding carboxylic acids is 2. The Morgan fingerprint density at radius 1 is 0.682 bits per heavy atom. The van der Waals surface area contributed by atoms with Gasteiger partial charge in [-0.05, 0) is 38.5 Å². The number of phosphoric ester groups is 1. The molecule has 0 fully saturated rings. The molecule has 0 radical (unpaired) electrons. The predicted octanol–water partition coefficient (Wildman–Crippen LogP) is 8.05. The number of allylic oxidation sites excluding steroid dienone is 2. The van der Waals surface area contributed by atoms with Crippen molar-refractivity contribution in [2.45, 2.75) is 148 Å². The quantitative estimate of drug-likeness (QED) is 0.0244. The number of unbranched alkanes of at least 4 members (excludes halogenated alkanes) is 15. The van der Waals surface area contributed by atoms with E-state index < -0.39 is 32.5 Å². The van der Waals surface area contributed by atoms with Crippen molar-refractivity contribution in [3.63, 3.8) is 0 Å². The van der Waals surface area contributed by atoms with Crippen LogP contribution in [0.1, 0.15) is 142 Å². The van der Waals surface area contributed by atoms with E-state index in [1.54, 1.807) is 0 Å². The van der Waals surface area contributed by atoms with Crippen LogP contribution in [0, 0.1) is 0 Å². The molecule has 0 saturated carbocycles. The van der Waals surface area contributed by atoms with Gasteiger partial charge in [0.2, 0.25) is 0 Å². The number of likely N-dealkylation sites (N-methyl/N-ethyl adjacent to an activating group) is 1. The summed E-state index contributed by atoms with van der Waals surface area (Å²) < 4.78 is 33.2. The summed E-state index contributed by atoms with van der Waals surface area (Å²) in [7, 11) is 1.16. The molecule has 0 aromatic rings. The maximum atomic E-state index is 12.4. The van der Waals surface area contributed by atoms with E-state index in [1.807, 2.05) is 28.1 Å². The topological polar surface area (TPSA) is 111 Å². The van der Waals surface area contributed by atoms with Crippen LogP contribution in [0.3, 0.4) is 0 Å². The van der Waals surface area contributed by atoms with Gasteiger partial charge in [0.1, 0.15) is 19.8 Å². The largest absolute Gasteiger partial charge is 0.756 e. The molecule has 0 amide bonds. The average Bonchev–Trinajstić information content (AvgIpc) is 2.96. The van der Waals surface area contributed by atoms with E-state index in [9.17, 15) is 19.0 Å². The van der Waals surface area contributed by atoms with Gasteiger partial charge < -0.3 is 27.9 Å². The number of hydrogen-bond donors (Lipinski definition) is 0. The highest BCUT2D eigenvalue weighted by Gasteiger charge is 2.21. The van der Waals surface area contributed by atoms with Crippen LogP contribution in [0.2, 0.25) is 0 Å². The van der Waals surface area contributed by atoms with Crippen molar-refractivity contribution in [3.05, 3.63) is 12.2 Å². The summed E-state index contributed by atoms with van der Waals surface area (Å²) in [6.45, 7) is 3.94.